The lowest BCUT2D eigenvalue weighted by atomic mass is 9.91. The zero-order valence-corrected chi connectivity index (χ0v) is 9.61. The van der Waals surface area contributed by atoms with Gasteiger partial charge in [-0.25, -0.2) is 0 Å². The molecule has 80 valence electrons. The van der Waals surface area contributed by atoms with Crippen LogP contribution < -0.4 is 5.32 Å². The molecule has 1 aliphatic heterocycles. The Bertz CT molecular complexity index is 392. The van der Waals surface area contributed by atoms with Crippen molar-refractivity contribution < 1.29 is 4.79 Å². The molecule has 2 nitrogen and oxygen atoms in total. The maximum absolute atomic E-state index is 11.6. The number of hydrogen-bond acceptors (Lipinski definition) is 1. The van der Waals surface area contributed by atoms with E-state index >= 15 is 0 Å². The van der Waals surface area contributed by atoms with E-state index in [9.17, 15) is 4.79 Å². The van der Waals surface area contributed by atoms with Crippen molar-refractivity contribution in [2.45, 2.75) is 18.8 Å². The van der Waals surface area contributed by atoms with Crippen LogP contribution in [0.15, 0.2) is 18.2 Å². The van der Waals surface area contributed by atoms with E-state index < -0.39 is 0 Å². The number of amides is 1. The van der Waals surface area contributed by atoms with E-state index in [0.717, 1.165) is 24.9 Å². The topological polar surface area (TPSA) is 29.1 Å². The number of carbonyl (C=O) groups excluding carboxylic acids is 1. The minimum absolute atomic E-state index is 0.0606. The zero-order chi connectivity index (χ0) is 10.8. The van der Waals surface area contributed by atoms with Gasteiger partial charge in [0.05, 0.1) is 5.92 Å². The molecule has 1 fully saturated rings. The third-order valence-electron chi connectivity index (χ3n) is 2.62. The molecule has 4 heteroatoms. The molecule has 1 aromatic rings. The molecule has 0 spiro atoms. The molecule has 1 aliphatic rings. The van der Waals surface area contributed by atoms with Crippen molar-refractivity contribution in [1.82, 2.24) is 5.32 Å². The highest BCUT2D eigenvalue weighted by molar-refractivity contribution is 6.35. The van der Waals surface area contributed by atoms with Gasteiger partial charge in [-0.15, -0.1) is 0 Å². The number of rotatable bonds is 1. The standard InChI is InChI=1S/C11H11Cl2NO/c12-7-3-4-8(10(13)6-7)9-2-1-5-14-11(9)15/h3-4,6,9H,1-2,5H2,(H,14,15). The van der Waals surface area contributed by atoms with E-state index in [4.69, 9.17) is 23.2 Å². The predicted molar refractivity (Wildman–Crippen MR) is 61.4 cm³/mol. The second-order valence-electron chi connectivity index (χ2n) is 3.65. The Morgan fingerprint density at radius 2 is 2.13 bits per heavy atom. The lowest BCUT2D eigenvalue weighted by Gasteiger charge is -2.22. The van der Waals surface area contributed by atoms with Crippen LogP contribution in [0.2, 0.25) is 10.0 Å². The molecule has 0 aliphatic carbocycles. The minimum Gasteiger partial charge on any atom is -0.356 e. The summed E-state index contributed by atoms with van der Waals surface area (Å²) in [6.45, 7) is 0.764. The van der Waals surface area contributed by atoms with E-state index in [1.54, 1.807) is 12.1 Å². The summed E-state index contributed by atoms with van der Waals surface area (Å²) in [6.07, 6.45) is 1.85. The number of carbonyl (C=O) groups is 1. The molecule has 1 atom stereocenters. The fourth-order valence-corrected chi connectivity index (χ4v) is 2.39. The SMILES string of the molecule is O=C1NCCCC1c1ccc(Cl)cc1Cl. The lowest BCUT2D eigenvalue weighted by molar-refractivity contribution is -0.123. The summed E-state index contributed by atoms with van der Waals surface area (Å²) in [6, 6.07) is 5.28. The quantitative estimate of drug-likeness (QED) is 0.808. The molecule has 0 bridgehead atoms. The Morgan fingerprint density at radius 3 is 2.80 bits per heavy atom. The van der Waals surface area contributed by atoms with Crippen LogP contribution in [0.3, 0.4) is 0 Å². The number of hydrogen-bond donors (Lipinski definition) is 1. The molecule has 1 heterocycles. The lowest BCUT2D eigenvalue weighted by Crippen LogP contribution is -2.35. The molecule has 1 unspecified atom stereocenters. The summed E-state index contributed by atoms with van der Waals surface area (Å²) in [5, 5.41) is 4.01. The van der Waals surface area contributed by atoms with Crippen molar-refractivity contribution in [2.75, 3.05) is 6.54 Å². The summed E-state index contributed by atoms with van der Waals surface area (Å²) in [5.41, 5.74) is 0.873. The first-order chi connectivity index (χ1) is 7.18. The Hall–Kier alpha value is -0.730. The molecule has 1 N–H and O–H groups in total. The van der Waals surface area contributed by atoms with E-state index in [-0.39, 0.29) is 11.8 Å². The first-order valence-corrected chi connectivity index (χ1v) is 5.67. The maximum atomic E-state index is 11.6. The summed E-state index contributed by atoms with van der Waals surface area (Å²) >= 11 is 11.9. The van der Waals surface area contributed by atoms with E-state index in [0.29, 0.717) is 10.0 Å². The van der Waals surface area contributed by atoms with Gasteiger partial charge < -0.3 is 5.32 Å². The Morgan fingerprint density at radius 1 is 1.33 bits per heavy atom. The van der Waals surface area contributed by atoms with Gasteiger partial charge in [0, 0.05) is 16.6 Å². The average Bonchev–Trinajstić information content (AvgIpc) is 2.20. The van der Waals surface area contributed by atoms with Crippen LogP contribution >= 0.6 is 23.2 Å². The van der Waals surface area contributed by atoms with Crippen molar-refractivity contribution in [3.8, 4) is 0 Å². The van der Waals surface area contributed by atoms with Crippen molar-refractivity contribution in [3.63, 3.8) is 0 Å². The first-order valence-electron chi connectivity index (χ1n) is 4.91. The molecule has 0 aromatic heterocycles. The largest absolute Gasteiger partial charge is 0.356 e. The second kappa shape index (κ2) is 4.42. The van der Waals surface area contributed by atoms with Crippen molar-refractivity contribution >= 4 is 29.1 Å². The van der Waals surface area contributed by atoms with Gasteiger partial charge in [0.15, 0.2) is 0 Å². The number of nitrogens with one attached hydrogen (secondary N) is 1. The van der Waals surface area contributed by atoms with Gasteiger partial charge in [-0.05, 0) is 30.5 Å². The van der Waals surface area contributed by atoms with Gasteiger partial charge in [-0.3, -0.25) is 4.79 Å². The summed E-state index contributed by atoms with van der Waals surface area (Å²) in [7, 11) is 0. The van der Waals surface area contributed by atoms with Crippen LogP contribution in [0.4, 0.5) is 0 Å². The minimum atomic E-state index is -0.122. The van der Waals surface area contributed by atoms with Crippen LogP contribution in [0.25, 0.3) is 0 Å². The number of piperidine rings is 1. The third kappa shape index (κ3) is 2.27. The molecule has 1 amide bonds. The second-order valence-corrected chi connectivity index (χ2v) is 4.50. The van der Waals surface area contributed by atoms with Crippen molar-refractivity contribution in [1.29, 1.82) is 0 Å². The molecular weight excluding hydrogens is 233 g/mol. The van der Waals surface area contributed by atoms with Crippen molar-refractivity contribution in [2.24, 2.45) is 0 Å². The van der Waals surface area contributed by atoms with Gasteiger partial charge in [-0.1, -0.05) is 29.3 Å². The molecule has 15 heavy (non-hydrogen) atoms. The molecule has 0 radical (unpaired) electrons. The van der Waals surface area contributed by atoms with E-state index in [1.165, 1.54) is 0 Å². The number of halogens is 2. The maximum Gasteiger partial charge on any atom is 0.227 e. The van der Waals surface area contributed by atoms with Crippen LogP contribution in [0, 0.1) is 0 Å². The fourth-order valence-electron chi connectivity index (χ4n) is 1.85. The molecule has 0 saturated carbocycles. The molecule has 1 saturated heterocycles. The van der Waals surface area contributed by atoms with Crippen LogP contribution in [-0.2, 0) is 4.79 Å². The molecule has 1 aromatic carbocycles. The smallest absolute Gasteiger partial charge is 0.227 e. The van der Waals surface area contributed by atoms with Crippen LogP contribution in [0.5, 0.6) is 0 Å². The zero-order valence-electron chi connectivity index (χ0n) is 8.09. The highest BCUT2D eigenvalue weighted by Gasteiger charge is 2.25. The predicted octanol–water partition coefficient (Wildman–Crippen LogP) is 2.99. The monoisotopic (exact) mass is 243 g/mol. The highest BCUT2D eigenvalue weighted by atomic mass is 35.5. The van der Waals surface area contributed by atoms with Gasteiger partial charge in [0.2, 0.25) is 5.91 Å². The number of benzene rings is 1. The van der Waals surface area contributed by atoms with Crippen molar-refractivity contribution in [3.05, 3.63) is 33.8 Å². The molecular formula is C11H11Cl2NO. The first kappa shape index (κ1) is 10.8. The Balaban J connectivity index is 2.31. The van der Waals surface area contributed by atoms with Gasteiger partial charge in [0.25, 0.3) is 0 Å². The summed E-state index contributed by atoms with van der Waals surface area (Å²) < 4.78 is 0. The summed E-state index contributed by atoms with van der Waals surface area (Å²) in [5.74, 6) is -0.0611. The highest BCUT2D eigenvalue weighted by Crippen LogP contribution is 2.31. The molecule has 2 rings (SSSR count). The normalized spacial score (nSPS) is 21.2. The third-order valence-corrected chi connectivity index (χ3v) is 3.19. The van der Waals surface area contributed by atoms with Gasteiger partial charge in [0.1, 0.15) is 0 Å². The Labute approximate surface area is 98.6 Å². The van der Waals surface area contributed by atoms with Crippen LogP contribution in [-0.4, -0.2) is 12.5 Å². The van der Waals surface area contributed by atoms with E-state index in [2.05, 4.69) is 5.32 Å². The van der Waals surface area contributed by atoms with Crippen LogP contribution in [0.1, 0.15) is 24.3 Å². The van der Waals surface area contributed by atoms with Gasteiger partial charge >= 0.3 is 0 Å². The Kier molecular flexibility index (Phi) is 3.17. The van der Waals surface area contributed by atoms with Gasteiger partial charge in [-0.2, -0.15) is 0 Å². The average molecular weight is 244 g/mol. The fraction of sp³-hybridized carbons (Fsp3) is 0.364. The summed E-state index contributed by atoms with van der Waals surface area (Å²) in [4.78, 5) is 11.6. The van der Waals surface area contributed by atoms with E-state index in [1.807, 2.05) is 6.07 Å².